The zero-order chi connectivity index (χ0) is 11.7. The molecule has 90 valence electrons. The zero-order valence-corrected chi connectivity index (χ0v) is 7.83. The molecule has 1 aliphatic heterocycles. The van der Waals surface area contributed by atoms with Crippen LogP contribution in [0.3, 0.4) is 0 Å². The van der Waals surface area contributed by atoms with E-state index in [4.69, 9.17) is 0 Å². The van der Waals surface area contributed by atoms with Crippen LogP contribution in [0, 0.1) is 0 Å². The summed E-state index contributed by atoms with van der Waals surface area (Å²) in [6.07, 6.45) is -14.9. The first-order valence-electron chi connectivity index (χ1n) is 3.57. The van der Waals surface area contributed by atoms with Crippen molar-refractivity contribution in [2.45, 2.75) is 18.5 Å². The summed E-state index contributed by atoms with van der Waals surface area (Å²) >= 11 is 0. The Bertz CT molecular complexity index is 196. The molecule has 0 unspecified atom stereocenters. The number of halogens is 6. The maximum atomic E-state index is 11.9. The third kappa shape index (κ3) is 3.75. The molecule has 0 aromatic carbocycles. The third-order valence-corrected chi connectivity index (χ3v) is 2.43. The lowest BCUT2D eigenvalue weighted by molar-refractivity contribution is -0.301. The van der Waals surface area contributed by atoms with Crippen LogP contribution in [0.2, 0.25) is 0 Å². The largest absolute Gasteiger partial charge is 0.424 e. The van der Waals surface area contributed by atoms with Gasteiger partial charge in [-0.1, -0.05) is 0 Å². The van der Waals surface area contributed by atoms with Gasteiger partial charge in [-0.15, -0.1) is 0 Å². The second kappa shape index (κ2) is 4.40. The van der Waals surface area contributed by atoms with Crippen LogP contribution in [0.1, 0.15) is 0 Å². The summed E-state index contributed by atoms with van der Waals surface area (Å²) in [5.74, 6) is 0. The highest BCUT2D eigenvalue weighted by atomic mass is 31.2. The lowest BCUT2D eigenvalue weighted by Crippen LogP contribution is -2.43. The Morgan fingerprint density at radius 1 is 0.933 bits per heavy atom. The molecule has 0 N–H and O–H groups in total. The highest BCUT2D eigenvalue weighted by Gasteiger charge is 2.59. The Morgan fingerprint density at radius 3 is 1.67 bits per heavy atom. The molecule has 0 saturated carbocycles. The third-order valence-electron chi connectivity index (χ3n) is 1.26. The Hall–Kier alpha value is -0.110. The quantitative estimate of drug-likeness (QED) is 0.563. The van der Waals surface area contributed by atoms with Crippen LogP contribution in [0.25, 0.3) is 0 Å². The lowest BCUT2D eigenvalue weighted by atomic mass is 10.3. The van der Waals surface area contributed by atoms with E-state index < -0.39 is 27.1 Å². The van der Waals surface area contributed by atoms with Gasteiger partial charge in [0.15, 0.2) is 0 Å². The number of hydrogen-bond donors (Lipinski definition) is 0. The molecule has 1 aliphatic rings. The van der Waals surface area contributed by atoms with E-state index in [1.807, 2.05) is 0 Å². The molecule has 0 atom stereocenters. The maximum absolute atomic E-state index is 11.9. The first-order chi connectivity index (χ1) is 6.71. The van der Waals surface area contributed by atoms with Gasteiger partial charge in [-0.3, -0.25) is 4.52 Å². The Morgan fingerprint density at radius 2 is 1.33 bits per heavy atom. The molecule has 0 aromatic rings. The molecule has 10 heteroatoms. The van der Waals surface area contributed by atoms with Gasteiger partial charge in [0.25, 0.3) is 6.10 Å². The van der Waals surface area contributed by atoms with Crippen molar-refractivity contribution in [2.75, 3.05) is 13.2 Å². The van der Waals surface area contributed by atoms with Crippen molar-refractivity contribution in [2.24, 2.45) is 0 Å². The number of alkyl halides is 6. The summed E-state index contributed by atoms with van der Waals surface area (Å²) in [6, 6.07) is 0. The van der Waals surface area contributed by atoms with E-state index in [9.17, 15) is 26.3 Å². The minimum absolute atomic E-state index is 0.0753. The minimum atomic E-state index is -5.53. The van der Waals surface area contributed by atoms with Crippen molar-refractivity contribution >= 4 is 8.60 Å². The van der Waals surface area contributed by atoms with Crippen molar-refractivity contribution in [1.29, 1.82) is 0 Å². The van der Waals surface area contributed by atoms with Crippen LogP contribution in [0.4, 0.5) is 26.3 Å². The van der Waals surface area contributed by atoms with E-state index in [0.717, 1.165) is 0 Å². The highest BCUT2D eigenvalue weighted by molar-refractivity contribution is 7.41. The van der Waals surface area contributed by atoms with E-state index in [-0.39, 0.29) is 13.2 Å². The molecule has 0 bridgehead atoms. The van der Waals surface area contributed by atoms with E-state index in [0.29, 0.717) is 0 Å². The average Bonchev–Trinajstić information content (AvgIpc) is 2.46. The predicted octanol–water partition coefficient (Wildman–Crippen LogP) is 2.77. The lowest BCUT2D eigenvalue weighted by Gasteiger charge is -2.23. The Labute approximate surface area is 81.3 Å². The van der Waals surface area contributed by atoms with Crippen molar-refractivity contribution < 1.29 is 39.9 Å². The van der Waals surface area contributed by atoms with Crippen LogP contribution in [-0.2, 0) is 13.6 Å². The Balaban J connectivity index is 2.65. The zero-order valence-electron chi connectivity index (χ0n) is 6.93. The standard InChI is InChI=1S/C5H5F6O3P/c6-4(7,8)3(5(9,10)11)14-15-12-1-2-13-15/h3H,1-2H2. The Kier molecular flexibility index (Phi) is 3.80. The monoisotopic (exact) mass is 258 g/mol. The molecular weight excluding hydrogens is 253 g/mol. The van der Waals surface area contributed by atoms with Crippen LogP contribution in [-0.4, -0.2) is 31.7 Å². The SMILES string of the molecule is FC(F)(F)C(OP1OCCO1)C(F)(F)F. The summed E-state index contributed by atoms with van der Waals surface area (Å²) in [7, 11) is -2.55. The van der Waals surface area contributed by atoms with E-state index in [2.05, 4.69) is 13.6 Å². The fourth-order valence-corrected chi connectivity index (χ4v) is 1.77. The molecule has 15 heavy (non-hydrogen) atoms. The molecule has 0 spiro atoms. The van der Waals surface area contributed by atoms with Crippen LogP contribution in [0.15, 0.2) is 0 Å². The number of hydrogen-bond acceptors (Lipinski definition) is 3. The van der Waals surface area contributed by atoms with Gasteiger partial charge in [-0.2, -0.15) is 26.3 Å². The second-order valence-electron chi connectivity index (χ2n) is 2.46. The van der Waals surface area contributed by atoms with Crippen molar-refractivity contribution in [1.82, 2.24) is 0 Å². The summed E-state index contributed by atoms with van der Waals surface area (Å²) in [6.45, 7) is -0.151. The molecular formula is C5H5F6O3P. The molecule has 0 radical (unpaired) electrons. The molecule has 1 heterocycles. The molecule has 1 saturated heterocycles. The fraction of sp³-hybridized carbons (Fsp3) is 1.00. The fourth-order valence-electron chi connectivity index (χ4n) is 0.713. The van der Waals surface area contributed by atoms with E-state index in [1.165, 1.54) is 0 Å². The van der Waals surface area contributed by atoms with Gasteiger partial charge in [0.05, 0.1) is 13.2 Å². The van der Waals surface area contributed by atoms with Crippen LogP contribution < -0.4 is 0 Å². The van der Waals surface area contributed by atoms with Crippen molar-refractivity contribution in [3.8, 4) is 0 Å². The van der Waals surface area contributed by atoms with Crippen molar-refractivity contribution in [3.63, 3.8) is 0 Å². The number of rotatable bonds is 2. The van der Waals surface area contributed by atoms with Gasteiger partial charge in [-0.25, -0.2) is 0 Å². The van der Waals surface area contributed by atoms with E-state index in [1.54, 1.807) is 0 Å². The first-order valence-corrected chi connectivity index (χ1v) is 4.67. The summed E-state index contributed by atoms with van der Waals surface area (Å²) < 4.78 is 84.0. The molecule has 1 fully saturated rings. The topological polar surface area (TPSA) is 27.7 Å². The van der Waals surface area contributed by atoms with Gasteiger partial charge in [0, 0.05) is 0 Å². The van der Waals surface area contributed by atoms with Gasteiger partial charge in [-0.05, 0) is 0 Å². The summed E-state index contributed by atoms with van der Waals surface area (Å²) in [4.78, 5) is 0. The minimum Gasteiger partial charge on any atom is -0.310 e. The van der Waals surface area contributed by atoms with Crippen LogP contribution in [0.5, 0.6) is 0 Å². The summed E-state index contributed by atoms with van der Waals surface area (Å²) in [5, 5.41) is 0. The van der Waals surface area contributed by atoms with Gasteiger partial charge >= 0.3 is 21.0 Å². The maximum Gasteiger partial charge on any atom is 0.424 e. The molecule has 0 aromatic heterocycles. The first kappa shape index (κ1) is 13.0. The molecule has 1 rings (SSSR count). The molecule has 0 amide bonds. The molecule has 0 aliphatic carbocycles. The average molecular weight is 258 g/mol. The van der Waals surface area contributed by atoms with Gasteiger partial charge in [0.1, 0.15) is 0 Å². The second-order valence-corrected chi connectivity index (χ2v) is 3.63. The predicted molar refractivity (Wildman–Crippen MR) is 35.8 cm³/mol. The van der Waals surface area contributed by atoms with Crippen LogP contribution >= 0.6 is 8.60 Å². The van der Waals surface area contributed by atoms with Crippen molar-refractivity contribution in [3.05, 3.63) is 0 Å². The van der Waals surface area contributed by atoms with Gasteiger partial charge in [0.2, 0.25) is 0 Å². The smallest absolute Gasteiger partial charge is 0.310 e. The van der Waals surface area contributed by atoms with E-state index >= 15 is 0 Å². The normalized spacial score (nSPS) is 20.2. The highest BCUT2D eigenvalue weighted by Crippen LogP contribution is 2.50. The summed E-state index contributed by atoms with van der Waals surface area (Å²) in [5.41, 5.74) is 0. The molecule has 3 nitrogen and oxygen atoms in total. The van der Waals surface area contributed by atoms with Gasteiger partial charge < -0.3 is 9.05 Å².